The molecular weight excluding hydrogens is 246 g/mol. The Labute approximate surface area is 113 Å². The lowest BCUT2D eigenvalue weighted by atomic mass is 9.86. The minimum absolute atomic E-state index is 0.133. The van der Waals surface area contributed by atoms with E-state index in [0.29, 0.717) is 25.3 Å². The molecule has 18 heavy (non-hydrogen) atoms. The molecule has 1 aromatic carbocycles. The Balaban J connectivity index is 2.35. The van der Waals surface area contributed by atoms with Crippen molar-refractivity contribution in [2.24, 2.45) is 0 Å². The average molecular weight is 265 g/mol. The predicted molar refractivity (Wildman–Crippen MR) is 74.9 cm³/mol. The van der Waals surface area contributed by atoms with Gasteiger partial charge in [-0.3, -0.25) is 4.79 Å². The number of nitrogens with one attached hydrogen (secondary N) is 1. The fourth-order valence-electron chi connectivity index (χ4n) is 2.30. The van der Waals surface area contributed by atoms with Crippen LogP contribution in [0.4, 0.5) is 0 Å². The molecule has 0 bridgehead atoms. The zero-order chi connectivity index (χ0) is 13.0. The average Bonchev–Trinajstić information content (AvgIpc) is 2.47. The lowest BCUT2D eigenvalue weighted by Gasteiger charge is -2.36. The van der Waals surface area contributed by atoms with E-state index < -0.39 is 5.60 Å². The summed E-state index contributed by atoms with van der Waals surface area (Å²) >= 11 is 4.24. The van der Waals surface area contributed by atoms with Crippen molar-refractivity contribution in [3.8, 4) is 0 Å². The minimum atomic E-state index is -0.803. The molecular formula is C14H19NO2S. The van der Waals surface area contributed by atoms with E-state index in [1.54, 1.807) is 0 Å². The van der Waals surface area contributed by atoms with Gasteiger partial charge in [-0.05, 0) is 11.1 Å². The van der Waals surface area contributed by atoms with Gasteiger partial charge in [-0.15, -0.1) is 0 Å². The molecule has 0 spiro atoms. The standard InChI is InChI=1S/C14H19NO2S/c1-2-13(16)14(10-15-7-8-17-14)12-5-3-11(9-18)4-6-12/h3-6,15,18H,2,7-10H2,1H3. The van der Waals surface area contributed by atoms with E-state index in [1.807, 2.05) is 31.2 Å². The molecule has 1 fully saturated rings. The molecule has 0 saturated carbocycles. The van der Waals surface area contributed by atoms with Gasteiger partial charge in [0.2, 0.25) is 0 Å². The zero-order valence-corrected chi connectivity index (χ0v) is 11.5. The molecule has 0 amide bonds. The Bertz CT molecular complexity index is 410. The predicted octanol–water partition coefficient (Wildman–Crippen LogP) is 1.91. The Hall–Kier alpha value is -0.840. The number of hydrogen-bond acceptors (Lipinski definition) is 4. The SMILES string of the molecule is CCC(=O)C1(c2ccc(CS)cc2)CNCCO1. The summed E-state index contributed by atoms with van der Waals surface area (Å²) in [5.74, 6) is 0.835. The van der Waals surface area contributed by atoms with E-state index >= 15 is 0 Å². The van der Waals surface area contributed by atoms with Crippen molar-refractivity contribution < 1.29 is 9.53 Å². The van der Waals surface area contributed by atoms with Gasteiger partial charge in [-0.1, -0.05) is 31.2 Å². The number of ketones is 1. The second-order valence-corrected chi connectivity index (χ2v) is 4.80. The second-order valence-electron chi connectivity index (χ2n) is 4.48. The van der Waals surface area contributed by atoms with Crippen molar-refractivity contribution in [1.29, 1.82) is 0 Å². The van der Waals surface area contributed by atoms with Gasteiger partial charge < -0.3 is 10.1 Å². The molecule has 98 valence electrons. The summed E-state index contributed by atoms with van der Waals surface area (Å²) in [5.41, 5.74) is 1.28. The topological polar surface area (TPSA) is 38.3 Å². The molecule has 1 aliphatic rings. The van der Waals surface area contributed by atoms with Gasteiger partial charge in [0.25, 0.3) is 0 Å². The molecule has 0 aromatic heterocycles. The van der Waals surface area contributed by atoms with Crippen molar-refractivity contribution in [2.45, 2.75) is 24.7 Å². The lowest BCUT2D eigenvalue weighted by Crippen LogP contribution is -2.52. The number of carbonyl (C=O) groups is 1. The van der Waals surface area contributed by atoms with Crippen molar-refractivity contribution in [2.75, 3.05) is 19.7 Å². The highest BCUT2D eigenvalue weighted by atomic mass is 32.1. The number of rotatable bonds is 4. The molecule has 3 nitrogen and oxygen atoms in total. The normalized spacial score (nSPS) is 23.9. The Morgan fingerprint density at radius 3 is 2.67 bits per heavy atom. The minimum Gasteiger partial charge on any atom is -0.360 e. The van der Waals surface area contributed by atoms with Crippen LogP contribution in [0.25, 0.3) is 0 Å². The smallest absolute Gasteiger partial charge is 0.170 e. The van der Waals surface area contributed by atoms with E-state index in [-0.39, 0.29) is 5.78 Å². The number of morpholine rings is 1. The Kier molecular flexibility index (Phi) is 4.43. The molecule has 2 rings (SSSR count). The number of hydrogen-bond donors (Lipinski definition) is 2. The highest BCUT2D eigenvalue weighted by Crippen LogP contribution is 2.30. The van der Waals surface area contributed by atoms with E-state index in [0.717, 1.165) is 17.7 Å². The monoisotopic (exact) mass is 265 g/mol. The van der Waals surface area contributed by atoms with Gasteiger partial charge in [0.15, 0.2) is 11.4 Å². The van der Waals surface area contributed by atoms with Crippen LogP contribution in [-0.2, 0) is 20.9 Å². The third-order valence-corrected chi connectivity index (χ3v) is 3.74. The van der Waals surface area contributed by atoms with Crippen LogP contribution >= 0.6 is 12.6 Å². The number of benzene rings is 1. The van der Waals surface area contributed by atoms with Gasteiger partial charge in [0.05, 0.1) is 6.61 Å². The van der Waals surface area contributed by atoms with Crippen molar-refractivity contribution in [3.05, 3.63) is 35.4 Å². The molecule has 0 radical (unpaired) electrons. The highest BCUT2D eigenvalue weighted by molar-refractivity contribution is 7.79. The van der Waals surface area contributed by atoms with Crippen molar-refractivity contribution >= 4 is 18.4 Å². The molecule has 1 aliphatic heterocycles. The van der Waals surface area contributed by atoms with Gasteiger partial charge in [-0.2, -0.15) is 12.6 Å². The fourth-order valence-corrected chi connectivity index (χ4v) is 2.51. The van der Waals surface area contributed by atoms with E-state index in [9.17, 15) is 4.79 Å². The van der Waals surface area contributed by atoms with Crippen LogP contribution in [0.5, 0.6) is 0 Å². The van der Waals surface area contributed by atoms with Crippen LogP contribution in [-0.4, -0.2) is 25.5 Å². The summed E-state index contributed by atoms with van der Waals surface area (Å²) in [4.78, 5) is 12.3. The van der Waals surface area contributed by atoms with Crippen LogP contribution in [0.3, 0.4) is 0 Å². The summed E-state index contributed by atoms with van der Waals surface area (Å²) in [7, 11) is 0. The van der Waals surface area contributed by atoms with Gasteiger partial charge in [0.1, 0.15) is 0 Å². The third kappa shape index (κ3) is 2.46. The molecule has 1 N–H and O–H groups in total. The second kappa shape index (κ2) is 5.87. The maximum Gasteiger partial charge on any atom is 0.170 e. The molecule has 1 aromatic rings. The van der Waals surface area contributed by atoms with Crippen molar-refractivity contribution in [1.82, 2.24) is 5.32 Å². The summed E-state index contributed by atoms with van der Waals surface area (Å²) < 4.78 is 5.85. The van der Waals surface area contributed by atoms with Crippen LogP contribution in [0.2, 0.25) is 0 Å². The summed E-state index contributed by atoms with van der Waals surface area (Å²) in [6.45, 7) is 3.80. The van der Waals surface area contributed by atoms with Crippen molar-refractivity contribution in [3.63, 3.8) is 0 Å². The number of carbonyl (C=O) groups excluding carboxylic acids is 1. The van der Waals surface area contributed by atoms with E-state index in [1.165, 1.54) is 0 Å². The first-order valence-corrected chi connectivity index (χ1v) is 6.94. The quantitative estimate of drug-likeness (QED) is 0.817. The largest absolute Gasteiger partial charge is 0.360 e. The number of ether oxygens (including phenoxy) is 1. The first-order valence-electron chi connectivity index (χ1n) is 6.31. The van der Waals surface area contributed by atoms with Gasteiger partial charge in [0, 0.05) is 25.3 Å². The number of Topliss-reactive ketones (excluding diaryl/α,β-unsaturated/α-hetero) is 1. The molecule has 1 saturated heterocycles. The Morgan fingerprint density at radius 1 is 1.44 bits per heavy atom. The van der Waals surface area contributed by atoms with Crippen LogP contribution in [0, 0.1) is 0 Å². The summed E-state index contributed by atoms with van der Waals surface area (Å²) in [6.07, 6.45) is 0.482. The highest BCUT2D eigenvalue weighted by Gasteiger charge is 2.41. The summed E-state index contributed by atoms with van der Waals surface area (Å²) in [5, 5.41) is 3.26. The molecule has 0 aliphatic carbocycles. The Morgan fingerprint density at radius 2 is 2.17 bits per heavy atom. The maximum atomic E-state index is 12.3. The molecule has 1 atom stereocenters. The zero-order valence-electron chi connectivity index (χ0n) is 10.6. The first-order chi connectivity index (χ1) is 8.73. The third-order valence-electron chi connectivity index (χ3n) is 3.38. The molecule has 4 heteroatoms. The van der Waals surface area contributed by atoms with Crippen LogP contribution < -0.4 is 5.32 Å². The van der Waals surface area contributed by atoms with E-state index in [4.69, 9.17) is 4.74 Å². The number of thiol groups is 1. The van der Waals surface area contributed by atoms with Gasteiger partial charge in [-0.25, -0.2) is 0 Å². The van der Waals surface area contributed by atoms with Crippen LogP contribution in [0.15, 0.2) is 24.3 Å². The van der Waals surface area contributed by atoms with Crippen LogP contribution in [0.1, 0.15) is 24.5 Å². The molecule has 1 heterocycles. The maximum absolute atomic E-state index is 12.3. The van der Waals surface area contributed by atoms with Gasteiger partial charge >= 0.3 is 0 Å². The molecule has 1 unspecified atom stereocenters. The first kappa shape index (κ1) is 13.6. The fraction of sp³-hybridized carbons (Fsp3) is 0.500. The van der Waals surface area contributed by atoms with E-state index in [2.05, 4.69) is 17.9 Å². The summed E-state index contributed by atoms with van der Waals surface area (Å²) in [6, 6.07) is 7.97. The lowest BCUT2D eigenvalue weighted by molar-refractivity contribution is -0.149.